The summed E-state index contributed by atoms with van der Waals surface area (Å²) >= 11 is 5.35. The van der Waals surface area contributed by atoms with Crippen molar-refractivity contribution in [3.8, 4) is 11.5 Å². The van der Waals surface area contributed by atoms with Gasteiger partial charge in [0.2, 0.25) is 6.79 Å². The Morgan fingerprint density at radius 3 is 2.87 bits per heavy atom. The van der Waals surface area contributed by atoms with E-state index >= 15 is 0 Å². The minimum Gasteiger partial charge on any atom is -0.454 e. The van der Waals surface area contributed by atoms with Gasteiger partial charge in [0.15, 0.2) is 16.6 Å². The van der Waals surface area contributed by atoms with E-state index in [1.807, 2.05) is 18.2 Å². The summed E-state index contributed by atoms with van der Waals surface area (Å²) < 4.78 is 10.6. The highest BCUT2D eigenvalue weighted by molar-refractivity contribution is 7.80. The predicted octanol–water partition coefficient (Wildman–Crippen LogP) is 1.31. The second kappa shape index (κ2) is 6.33. The van der Waals surface area contributed by atoms with Crippen molar-refractivity contribution in [3.63, 3.8) is 0 Å². The summed E-state index contributed by atoms with van der Waals surface area (Å²) in [5.74, 6) is 2.26. The number of piperidine rings is 3. The number of nitrogens with one attached hydrogen (secondary N) is 2. The van der Waals surface area contributed by atoms with Crippen LogP contribution in [0.3, 0.4) is 0 Å². The molecule has 0 unspecified atom stereocenters. The Morgan fingerprint density at radius 1 is 1.26 bits per heavy atom. The van der Waals surface area contributed by atoms with Gasteiger partial charge in [-0.3, -0.25) is 5.43 Å². The number of rotatable bonds is 3. The molecule has 4 heterocycles. The van der Waals surface area contributed by atoms with Crippen LogP contribution in [-0.4, -0.2) is 48.7 Å². The Morgan fingerprint density at radius 2 is 2.09 bits per heavy atom. The first-order chi connectivity index (χ1) is 11.3. The zero-order valence-electron chi connectivity index (χ0n) is 12.8. The van der Waals surface area contributed by atoms with Crippen LogP contribution < -0.4 is 20.2 Å². The molecule has 122 valence electrons. The van der Waals surface area contributed by atoms with Crippen molar-refractivity contribution in [1.82, 2.24) is 15.6 Å². The highest BCUT2D eigenvalue weighted by Gasteiger charge is 2.34. The number of hydrazone groups is 1. The van der Waals surface area contributed by atoms with E-state index in [0.29, 0.717) is 11.2 Å². The Kier molecular flexibility index (Phi) is 4.05. The third-order valence-electron chi connectivity index (χ3n) is 4.75. The molecule has 0 aromatic heterocycles. The lowest BCUT2D eigenvalue weighted by atomic mass is 9.84. The van der Waals surface area contributed by atoms with E-state index in [1.54, 1.807) is 6.21 Å². The summed E-state index contributed by atoms with van der Waals surface area (Å²) in [6.07, 6.45) is 4.26. The molecule has 3 saturated heterocycles. The first kappa shape index (κ1) is 14.7. The number of fused-ring (bicyclic) bond motifs is 4. The molecule has 4 aliphatic heterocycles. The predicted molar refractivity (Wildman–Crippen MR) is 92.0 cm³/mol. The minimum absolute atomic E-state index is 0.280. The van der Waals surface area contributed by atoms with Crippen LogP contribution in [0.4, 0.5) is 0 Å². The molecule has 5 rings (SSSR count). The van der Waals surface area contributed by atoms with Gasteiger partial charge in [-0.25, -0.2) is 0 Å². The van der Waals surface area contributed by atoms with Gasteiger partial charge < -0.3 is 19.7 Å². The number of nitrogens with zero attached hydrogens (tertiary/aromatic N) is 2. The van der Waals surface area contributed by atoms with Crippen molar-refractivity contribution in [2.24, 2.45) is 11.0 Å². The van der Waals surface area contributed by atoms with E-state index in [9.17, 15) is 0 Å². The molecule has 2 N–H and O–H groups in total. The van der Waals surface area contributed by atoms with Gasteiger partial charge in [-0.05, 0) is 67.8 Å². The van der Waals surface area contributed by atoms with Gasteiger partial charge in [0.1, 0.15) is 0 Å². The van der Waals surface area contributed by atoms with Crippen molar-refractivity contribution in [1.29, 1.82) is 0 Å². The average molecular weight is 332 g/mol. The van der Waals surface area contributed by atoms with Gasteiger partial charge >= 0.3 is 0 Å². The number of benzene rings is 1. The van der Waals surface area contributed by atoms with Crippen LogP contribution in [0.2, 0.25) is 0 Å². The first-order valence-corrected chi connectivity index (χ1v) is 8.40. The van der Waals surface area contributed by atoms with E-state index in [2.05, 4.69) is 20.7 Å². The number of hydrogen-bond donors (Lipinski definition) is 2. The van der Waals surface area contributed by atoms with Crippen molar-refractivity contribution in [3.05, 3.63) is 23.8 Å². The largest absolute Gasteiger partial charge is 0.454 e. The molecule has 7 heteroatoms. The van der Waals surface area contributed by atoms with E-state index in [0.717, 1.165) is 29.5 Å². The lowest BCUT2D eigenvalue weighted by Crippen LogP contribution is -2.58. The Labute approximate surface area is 140 Å². The quantitative estimate of drug-likeness (QED) is 0.494. The summed E-state index contributed by atoms with van der Waals surface area (Å²) in [5, 5.41) is 8.19. The summed E-state index contributed by atoms with van der Waals surface area (Å²) in [4.78, 5) is 2.50. The third-order valence-corrected chi connectivity index (χ3v) is 4.96. The van der Waals surface area contributed by atoms with Gasteiger partial charge in [-0.1, -0.05) is 0 Å². The molecule has 0 spiro atoms. The van der Waals surface area contributed by atoms with E-state index < -0.39 is 0 Å². The molecular formula is C16H20N4O2S. The number of ether oxygens (including phenoxy) is 2. The van der Waals surface area contributed by atoms with Gasteiger partial charge in [0.05, 0.1) is 6.21 Å². The zero-order chi connectivity index (χ0) is 15.6. The summed E-state index contributed by atoms with van der Waals surface area (Å²) in [6.45, 7) is 3.82. The van der Waals surface area contributed by atoms with Crippen LogP contribution in [-0.2, 0) is 0 Å². The molecule has 0 amide bonds. The van der Waals surface area contributed by atoms with Gasteiger partial charge in [-0.2, -0.15) is 5.10 Å². The summed E-state index contributed by atoms with van der Waals surface area (Å²) in [6, 6.07) is 6.16. The van der Waals surface area contributed by atoms with Gasteiger partial charge in [0, 0.05) is 12.6 Å². The maximum atomic E-state index is 5.35. The highest BCUT2D eigenvalue weighted by atomic mass is 32.1. The number of thiocarbonyl (C=S) groups is 1. The molecule has 1 aromatic rings. The van der Waals surface area contributed by atoms with E-state index in [4.69, 9.17) is 21.7 Å². The van der Waals surface area contributed by atoms with Crippen molar-refractivity contribution >= 4 is 23.5 Å². The second-order valence-electron chi connectivity index (χ2n) is 6.20. The fourth-order valence-corrected chi connectivity index (χ4v) is 3.69. The Balaban J connectivity index is 1.29. The third kappa shape index (κ3) is 3.25. The SMILES string of the molecule is S=C(N/N=C\c1ccc2c(c1)OCO2)N[C@@H]1CN2CCC1CC2. The molecule has 23 heavy (non-hydrogen) atoms. The topological polar surface area (TPSA) is 58.1 Å². The fraction of sp³-hybridized carbons (Fsp3) is 0.500. The van der Waals surface area contributed by atoms with Crippen LogP contribution >= 0.6 is 12.2 Å². The van der Waals surface area contributed by atoms with Crippen LogP contribution in [0.1, 0.15) is 18.4 Å². The fourth-order valence-electron chi connectivity index (χ4n) is 3.49. The van der Waals surface area contributed by atoms with Crippen LogP contribution in [0, 0.1) is 5.92 Å². The summed E-state index contributed by atoms with van der Waals surface area (Å²) in [7, 11) is 0. The average Bonchev–Trinajstić information content (AvgIpc) is 3.03. The van der Waals surface area contributed by atoms with Crippen molar-refractivity contribution in [2.75, 3.05) is 26.4 Å². The van der Waals surface area contributed by atoms with Crippen LogP contribution in [0.25, 0.3) is 0 Å². The first-order valence-electron chi connectivity index (χ1n) is 7.99. The van der Waals surface area contributed by atoms with E-state index in [-0.39, 0.29) is 6.79 Å². The molecule has 0 radical (unpaired) electrons. The normalized spacial score (nSPS) is 28.1. The second-order valence-corrected chi connectivity index (χ2v) is 6.61. The molecule has 1 aromatic carbocycles. The van der Waals surface area contributed by atoms with Gasteiger partial charge in [-0.15, -0.1) is 0 Å². The van der Waals surface area contributed by atoms with Crippen LogP contribution in [0.15, 0.2) is 23.3 Å². The molecule has 1 atom stereocenters. The van der Waals surface area contributed by atoms with Crippen molar-refractivity contribution < 1.29 is 9.47 Å². The molecule has 0 aliphatic carbocycles. The standard InChI is InChI=1S/C16H20N4O2S/c23-16(18-13-9-20-5-3-12(13)4-6-20)19-17-8-11-1-2-14-15(7-11)22-10-21-14/h1-2,7-8,12-13H,3-6,9-10H2,(H2,18,19,23)/b17-8-/t13-/m1/s1. The molecular weight excluding hydrogens is 312 g/mol. The maximum absolute atomic E-state index is 5.35. The Bertz CT molecular complexity index is 629. The van der Waals surface area contributed by atoms with Gasteiger partial charge in [0.25, 0.3) is 0 Å². The zero-order valence-corrected chi connectivity index (χ0v) is 13.6. The molecule has 3 fully saturated rings. The lowest BCUT2D eigenvalue weighted by Gasteiger charge is -2.45. The highest BCUT2D eigenvalue weighted by Crippen LogP contribution is 2.32. The lowest BCUT2D eigenvalue weighted by molar-refractivity contribution is 0.0812. The molecule has 2 bridgehead atoms. The maximum Gasteiger partial charge on any atom is 0.231 e. The smallest absolute Gasteiger partial charge is 0.231 e. The minimum atomic E-state index is 0.280. The summed E-state index contributed by atoms with van der Waals surface area (Å²) in [5.41, 5.74) is 3.84. The molecule has 4 aliphatic rings. The number of hydrogen-bond acceptors (Lipinski definition) is 5. The van der Waals surface area contributed by atoms with Crippen molar-refractivity contribution in [2.45, 2.75) is 18.9 Å². The monoisotopic (exact) mass is 332 g/mol. The Hall–Kier alpha value is -1.86. The molecule has 6 nitrogen and oxygen atoms in total. The molecule has 0 saturated carbocycles. The van der Waals surface area contributed by atoms with E-state index in [1.165, 1.54) is 25.9 Å². The van der Waals surface area contributed by atoms with Crippen LogP contribution in [0.5, 0.6) is 11.5 Å².